The van der Waals surface area contributed by atoms with Crippen molar-refractivity contribution >= 4 is 11.8 Å². The number of ether oxygens (including phenoxy) is 1. The van der Waals surface area contributed by atoms with Crippen LogP contribution in [0.5, 0.6) is 0 Å². The molecule has 1 aromatic heterocycles. The summed E-state index contributed by atoms with van der Waals surface area (Å²) in [4.78, 5) is 25.5. The maximum atomic E-state index is 12.3. The highest BCUT2D eigenvalue weighted by Gasteiger charge is 2.22. The third kappa shape index (κ3) is 3.77. The molecule has 1 aromatic carbocycles. The molecule has 1 atom stereocenters. The van der Waals surface area contributed by atoms with Crippen molar-refractivity contribution in [3.63, 3.8) is 0 Å². The normalized spacial score (nSPS) is 17.5. The fourth-order valence-electron chi connectivity index (χ4n) is 2.58. The number of aromatic nitrogens is 3. The standard InChI is InChI=1S/C16H19N5O3/c1-12(22)20-5-6-24-15(9-20)8-17-16(23)13-3-2-4-14(7-13)21-10-18-19-11-21/h2-4,7,10-11,15H,5-6,8-9H2,1H3,(H,17,23). The van der Waals surface area contributed by atoms with E-state index in [1.807, 2.05) is 6.07 Å². The molecule has 1 aliphatic rings. The Bertz CT molecular complexity index is 716. The van der Waals surface area contributed by atoms with Crippen LogP contribution in [0, 0.1) is 0 Å². The van der Waals surface area contributed by atoms with Gasteiger partial charge in [0.05, 0.1) is 12.7 Å². The van der Waals surface area contributed by atoms with Gasteiger partial charge in [0.25, 0.3) is 5.91 Å². The SMILES string of the molecule is CC(=O)N1CCOC(CNC(=O)c2cccc(-n3cnnc3)c2)C1. The third-order valence-electron chi connectivity index (χ3n) is 3.90. The number of morpholine rings is 1. The van der Waals surface area contributed by atoms with E-state index in [-0.39, 0.29) is 17.9 Å². The van der Waals surface area contributed by atoms with E-state index in [1.54, 1.807) is 40.3 Å². The van der Waals surface area contributed by atoms with E-state index in [0.717, 1.165) is 5.69 Å². The van der Waals surface area contributed by atoms with Gasteiger partial charge in [0.1, 0.15) is 12.7 Å². The zero-order valence-electron chi connectivity index (χ0n) is 13.4. The van der Waals surface area contributed by atoms with Gasteiger partial charge in [-0.1, -0.05) is 6.07 Å². The number of benzene rings is 1. The molecule has 8 nitrogen and oxygen atoms in total. The molecule has 2 aromatic rings. The second-order valence-corrected chi connectivity index (χ2v) is 5.59. The molecular formula is C16H19N5O3. The van der Waals surface area contributed by atoms with Gasteiger partial charge in [-0.25, -0.2) is 0 Å². The van der Waals surface area contributed by atoms with Gasteiger partial charge in [-0.3, -0.25) is 14.2 Å². The molecule has 1 N–H and O–H groups in total. The van der Waals surface area contributed by atoms with E-state index in [1.165, 1.54) is 6.92 Å². The quantitative estimate of drug-likeness (QED) is 0.868. The second-order valence-electron chi connectivity index (χ2n) is 5.59. The van der Waals surface area contributed by atoms with Gasteiger partial charge >= 0.3 is 0 Å². The first kappa shape index (κ1) is 16.1. The zero-order chi connectivity index (χ0) is 16.9. The molecule has 2 heterocycles. The van der Waals surface area contributed by atoms with E-state index >= 15 is 0 Å². The van der Waals surface area contributed by atoms with Crippen molar-refractivity contribution in [3.8, 4) is 5.69 Å². The van der Waals surface area contributed by atoms with Crippen molar-refractivity contribution in [3.05, 3.63) is 42.5 Å². The van der Waals surface area contributed by atoms with Gasteiger partial charge in [-0.2, -0.15) is 0 Å². The van der Waals surface area contributed by atoms with Crippen molar-refractivity contribution in [1.82, 2.24) is 25.0 Å². The molecule has 0 aliphatic carbocycles. The van der Waals surface area contributed by atoms with Crippen LogP contribution in [0.1, 0.15) is 17.3 Å². The Morgan fingerprint density at radius 3 is 2.88 bits per heavy atom. The van der Waals surface area contributed by atoms with Crippen molar-refractivity contribution in [2.75, 3.05) is 26.2 Å². The van der Waals surface area contributed by atoms with Crippen LogP contribution in [0.25, 0.3) is 5.69 Å². The minimum atomic E-state index is -0.187. The number of rotatable bonds is 4. The van der Waals surface area contributed by atoms with Crippen molar-refractivity contribution in [2.45, 2.75) is 13.0 Å². The molecule has 0 saturated carbocycles. The molecule has 1 aliphatic heterocycles. The molecule has 24 heavy (non-hydrogen) atoms. The first-order valence-corrected chi connectivity index (χ1v) is 7.74. The average molecular weight is 329 g/mol. The molecule has 0 spiro atoms. The van der Waals surface area contributed by atoms with Crippen LogP contribution in [-0.4, -0.2) is 63.8 Å². The first-order valence-electron chi connectivity index (χ1n) is 7.74. The number of nitrogens with zero attached hydrogens (tertiary/aromatic N) is 4. The summed E-state index contributed by atoms with van der Waals surface area (Å²) < 4.78 is 7.33. The number of carbonyl (C=O) groups excluding carboxylic acids is 2. The summed E-state index contributed by atoms with van der Waals surface area (Å²) >= 11 is 0. The van der Waals surface area contributed by atoms with Crippen LogP contribution >= 0.6 is 0 Å². The monoisotopic (exact) mass is 329 g/mol. The van der Waals surface area contributed by atoms with Crippen molar-refractivity contribution < 1.29 is 14.3 Å². The first-order chi connectivity index (χ1) is 11.6. The Morgan fingerprint density at radius 2 is 2.12 bits per heavy atom. The average Bonchev–Trinajstić information content (AvgIpc) is 3.15. The van der Waals surface area contributed by atoms with E-state index in [9.17, 15) is 9.59 Å². The molecule has 3 rings (SSSR count). The highest BCUT2D eigenvalue weighted by atomic mass is 16.5. The Labute approximate surface area is 139 Å². The van der Waals surface area contributed by atoms with Crippen LogP contribution in [0.3, 0.4) is 0 Å². The number of amides is 2. The van der Waals surface area contributed by atoms with E-state index in [2.05, 4.69) is 15.5 Å². The molecule has 2 amide bonds. The Kier molecular flexibility index (Phi) is 4.85. The summed E-state index contributed by atoms with van der Waals surface area (Å²) in [6, 6.07) is 7.18. The fourth-order valence-corrected chi connectivity index (χ4v) is 2.58. The van der Waals surface area contributed by atoms with Crippen molar-refractivity contribution in [2.24, 2.45) is 0 Å². The lowest BCUT2D eigenvalue weighted by atomic mass is 10.2. The predicted molar refractivity (Wildman–Crippen MR) is 85.7 cm³/mol. The van der Waals surface area contributed by atoms with Crippen LogP contribution in [-0.2, 0) is 9.53 Å². The topological polar surface area (TPSA) is 89.4 Å². The van der Waals surface area contributed by atoms with Crippen LogP contribution in [0.2, 0.25) is 0 Å². The highest BCUT2D eigenvalue weighted by molar-refractivity contribution is 5.94. The fraction of sp³-hybridized carbons (Fsp3) is 0.375. The lowest BCUT2D eigenvalue weighted by molar-refractivity contribution is -0.136. The highest BCUT2D eigenvalue weighted by Crippen LogP contribution is 2.10. The van der Waals surface area contributed by atoms with E-state index in [0.29, 0.717) is 31.8 Å². The smallest absolute Gasteiger partial charge is 0.251 e. The summed E-state index contributed by atoms with van der Waals surface area (Å²) in [5.74, 6) is -0.162. The second kappa shape index (κ2) is 7.22. The molecule has 0 bridgehead atoms. The zero-order valence-corrected chi connectivity index (χ0v) is 13.4. The van der Waals surface area contributed by atoms with Gasteiger partial charge in [-0.15, -0.1) is 10.2 Å². The summed E-state index contributed by atoms with van der Waals surface area (Å²) in [5.41, 5.74) is 1.35. The third-order valence-corrected chi connectivity index (χ3v) is 3.90. The summed E-state index contributed by atoms with van der Waals surface area (Å²) in [7, 11) is 0. The molecule has 0 radical (unpaired) electrons. The minimum absolute atomic E-state index is 0.0243. The van der Waals surface area contributed by atoms with E-state index < -0.39 is 0 Å². The van der Waals surface area contributed by atoms with Gasteiger partial charge in [0, 0.05) is 37.8 Å². The van der Waals surface area contributed by atoms with E-state index in [4.69, 9.17) is 4.74 Å². The molecule has 8 heteroatoms. The van der Waals surface area contributed by atoms with Crippen LogP contribution in [0.15, 0.2) is 36.9 Å². The van der Waals surface area contributed by atoms with Gasteiger partial charge in [-0.05, 0) is 18.2 Å². The number of carbonyl (C=O) groups is 2. The maximum absolute atomic E-state index is 12.3. The number of nitrogens with one attached hydrogen (secondary N) is 1. The molecule has 126 valence electrons. The summed E-state index contributed by atoms with van der Waals surface area (Å²) in [6.45, 7) is 3.48. The molecule has 1 unspecified atom stereocenters. The summed E-state index contributed by atoms with van der Waals surface area (Å²) in [5, 5.41) is 10.4. The van der Waals surface area contributed by atoms with Crippen LogP contribution in [0.4, 0.5) is 0 Å². The number of hydrogen-bond donors (Lipinski definition) is 1. The lowest BCUT2D eigenvalue weighted by Gasteiger charge is -2.32. The Hall–Kier alpha value is -2.74. The van der Waals surface area contributed by atoms with Crippen molar-refractivity contribution in [1.29, 1.82) is 0 Å². The number of hydrogen-bond acceptors (Lipinski definition) is 5. The summed E-state index contributed by atoms with van der Waals surface area (Å²) in [6.07, 6.45) is 2.96. The Morgan fingerprint density at radius 1 is 1.33 bits per heavy atom. The lowest BCUT2D eigenvalue weighted by Crippen LogP contribution is -2.49. The predicted octanol–water partition coefficient (Wildman–Crippen LogP) is 0.244. The minimum Gasteiger partial charge on any atom is -0.373 e. The van der Waals surface area contributed by atoms with Gasteiger partial charge in [0.2, 0.25) is 5.91 Å². The molecular weight excluding hydrogens is 310 g/mol. The molecule has 1 fully saturated rings. The van der Waals surface area contributed by atoms with Crippen LogP contribution < -0.4 is 5.32 Å². The molecule has 1 saturated heterocycles. The van der Waals surface area contributed by atoms with Gasteiger partial charge in [0.15, 0.2) is 0 Å². The Balaban J connectivity index is 1.59. The van der Waals surface area contributed by atoms with Gasteiger partial charge < -0.3 is 15.0 Å². The maximum Gasteiger partial charge on any atom is 0.251 e. The largest absolute Gasteiger partial charge is 0.373 e.